The van der Waals surface area contributed by atoms with Crippen molar-refractivity contribution in [1.82, 2.24) is 0 Å². The topological polar surface area (TPSA) is 86.3 Å². The van der Waals surface area contributed by atoms with Gasteiger partial charge < -0.3 is 29.2 Å². The van der Waals surface area contributed by atoms with Crippen molar-refractivity contribution in [2.24, 2.45) is 5.92 Å². The summed E-state index contributed by atoms with van der Waals surface area (Å²) in [6.45, 7) is 0. The quantitative estimate of drug-likeness (QED) is 0.453. The van der Waals surface area contributed by atoms with Crippen LogP contribution in [0.15, 0.2) is 60.7 Å². The first-order valence-corrected chi connectivity index (χ1v) is 11.6. The number of ether oxygens (including phenoxy) is 4. The Bertz CT molecular complexity index is 1250. The molecular formula is C27H27ClN2O6. The van der Waals surface area contributed by atoms with E-state index in [0.717, 1.165) is 5.56 Å². The molecule has 2 amide bonds. The molecule has 1 fully saturated rings. The fourth-order valence-electron chi connectivity index (χ4n) is 4.38. The van der Waals surface area contributed by atoms with Crippen LogP contribution >= 0.6 is 11.6 Å². The number of carbonyl (C=O) groups excluding carboxylic acids is 2. The molecule has 3 aromatic carbocycles. The lowest BCUT2D eigenvalue weighted by molar-refractivity contribution is -0.122. The first kappa shape index (κ1) is 25.2. The molecule has 9 heteroatoms. The van der Waals surface area contributed by atoms with Crippen molar-refractivity contribution in [3.05, 3.63) is 71.2 Å². The third-order valence-electron chi connectivity index (χ3n) is 6.20. The second kappa shape index (κ2) is 10.8. The number of methoxy groups -OCH3 is 4. The molecule has 36 heavy (non-hydrogen) atoms. The SMILES string of the molecule is COc1ccc([C@H]2[C@@H](C(=O)Nc3cc(Cl)c(OC)cc3OC)CC(=O)N2c2ccc(OC)cc2)cc1. The summed E-state index contributed by atoms with van der Waals surface area (Å²) in [4.78, 5) is 28.6. The van der Waals surface area contributed by atoms with Crippen LogP contribution < -0.4 is 29.2 Å². The summed E-state index contributed by atoms with van der Waals surface area (Å²) in [5.41, 5.74) is 1.86. The zero-order chi connectivity index (χ0) is 25.8. The molecular weight excluding hydrogens is 484 g/mol. The van der Waals surface area contributed by atoms with Gasteiger partial charge in [0, 0.05) is 18.2 Å². The van der Waals surface area contributed by atoms with E-state index < -0.39 is 12.0 Å². The highest BCUT2D eigenvalue weighted by molar-refractivity contribution is 6.32. The monoisotopic (exact) mass is 510 g/mol. The first-order chi connectivity index (χ1) is 17.4. The molecule has 1 N–H and O–H groups in total. The third-order valence-corrected chi connectivity index (χ3v) is 6.49. The number of amides is 2. The number of hydrogen-bond donors (Lipinski definition) is 1. The fourth-order valence-corrected chi connectivity index (χ4v) is 4.62. The van der Waals surface area contributed by atoms with E-state index in [2.05, 4.69) is 5.32 Å². The van der Waals surface area contributed by atoms with Crippen molar-refractivity contribution in [2.45, 2.75) is 12.5 Å². The first-order valence-electron chi connectivity index (χ1n) is 11.2. The van der Waals surface area contributed by atoms with E-state index in [1.54, 1.807) is 55.5 Å². The molecule has 1 heterocycles. The highest BCUT2D eigenvalue weighted by Crippen LogP contribution is 2.43. The van der Waals surface area contributed by atoms with Gasteiger partial charge in [0.25, 0.3) is 0 Å². The molecule has 1 saturated heterocycles. The second-order valence-corrected chi connectivity index (χ2v) is 8.57. The third kappa shape index (κ3) is 4.90. The van der Waals surface area contributed by atoms with Gasteiger partial charge in [-0.25, -0.2) is 0 Å². The Kier molecular flexibility index (Phi) is 7.55. The van der Waals surface area contributed by atoms with Gasteiger partial charge in [-0.05, 0) is 48.0 Å². The van der Waals surface area contributed by atoms with Gasteiger partial charge in [0.2, 0.25) is 11.8 Å². The summed E-state index contributed by atoms with van der Waals surface area (Å²) in [5.74, 6) is 0.979. The van der Waals surface area contributed by atoms with Crippen LogP contribution in [0.1, 0.15) is 18.0 Å². The Morgan fingerprint density at radius 1 is 0.861 bits per heavy atom. The van der Waals surface area contributed by atoms with Crippen molar-refractivity contribution in [2.75, 3.05) is 38.7 Å². The van der Waals surface area contributed by atoms with E-state index in [1.807, 2.05) is 24.3 Å². The average molecular weight is 511 g/mol. The van der Waals surface area contributed by atoms with Crippen LogP contribution in [-0.2, 0) is 9.59 Å². The Morgan fingerprint density at radius 2 is 1.44 bits per heavy atom. The number of anilines is 2. The summed E-state index contributed by atoms with van der Waals surface area (Å²) in [7, 11) is 6.15. The number of halogens is 1. The number of hydrogen-bond acceptors (Lipinski definition) is 6. The molecule has 0 bridgehead atoms. The number of carbonyl (C=O) groups is 2. The van der Waals surface area contributed by atoms with Gasteiger partial charge in [0.05, 0.1) is 51.1 Å². The largest absolute Gasteiger partial charge is 0.497 e. The zero-order valence-electron chi connectivity index (χ0n) is 20.4. The maximum absolute atomic E-state index is 13.6. The summed E-state index contributed by atoms with van der Waals surface area (Å²) in [6, 6.07) is 17.2. The van der Waals surface area contributed by atoms with Gasteiger partial charge in [0.15, 0.2) is 0 Å². The number of nitrogens with zero attached hydrogens (tertiary/aromatic N) is 1. The van der Waals surface area contributed by atoms with Crippen LogP contribution in [-0.4, -0.2) is 40.3 Å². The highest BCUT2D eigenvalue weighted by Gasteiger charge is 2.45. The summed E-state index contributed by atoms with van der Waals surface area (Å²) in [6.07, 6.45) is 0.0285. The van der Waals surface area contributed by atoms with Gasteiger partial charge >= 0.3 is 0 Å². The molecule has 0 radical (unpaired) electrons. The summed E-state index contributed by atoms with van der Waals surface area (Å²) in [5, 5.41) is 3.22. The molecule has 3 aromatic rings. The number of rotatable bonds is 8. The second-order valence-electron chi connectivity index (χ2n) is 8.17. The molecule has 8 nitrogen and oxygen atoms in total. The molecule has 1 aliphatic heterocycles. The van der Waals surface area contributed by atoms with Crippen molar-refractivity contribution in [3.63, 3.8) is 0 Å². The van der Waals surface area contributed by atoms with Gasteiger partial charge in [0.1, 0.15) is 23.0 Å². The molecule has 0 unspecified atom stereocenters. The molecule has 2 atom stereocenters. The van der Waals surface area contributed by atoms with E-state index in [1.165, 1.54) is 14.2 Å². The Labute approximate surface area is 214 Å². The maximum Gasteiger partial charge on any atom is 0.230 e. The lowest BCUT2D eigenvalue weighted by Gasteiger charge is -2.29. The molecule has 0 spiro atoms. The lowest BCUT2D eigenvalue weighted by atomic mass is 9.92. The van der Waals surface area contributed by atoms with Gasteiger partial charge in [-0.1, -0.05) is 23.7 Å². The van der Waals surface area contributed by atoms with Crippen LogP contribution in [0.2, 0.25) is 5.02 Å². The number of benzene rings is 3. The average Bonchev–Trinajstić information content (AvgIpc) is 3.26. The molecule has 4 rings (SSSR count). The van der Waals surface area contributed by atoms with Crippen molar-refractivity contribution >= 4 is 34.8 Å². The zero-order valence-corrected chi connectivity index (χ0v) is 21.2. The smallest absolute Gasteiger partial charge is 0.230 e. The van der Waals surface area contributed by atoms with E-state index in [9.17, 15) is 9.59 Å². The fraction of sp³-hybridized carbons (Fsp3) is 0.259. The highest BCUT2D eigenvalue weighted by atomic mass is 35.5. The Balaban J connectivity index is 1.71. The predicted octanol–water partition coefficient (Wildman–Crippen LogP) is 5.11. The van der Waals surface area contributed by atoms with Gasteiger partial charge in [-0.3, -0.25) is 9.59 Å². The van der Waals surface area contributed by atoms with Gasteiger partial charge in [-0.15, -0.1) is 0 Å². The van der Waals surface area contributed by atoms with Crippen LogP contribution in [0.25, 0.3) is 0 Å². The van der Waals surface area contributed by atoms with Crippen LogP contribution in [0, 0.1) is 5.92 Å². The summed E-state index contributed by atoms with van der Waals surface area (Å²) >= 11 is 6.29. The normalized spacial score (nSPS) is 17.0. The minimum Gasteiger partial charge on any atom is -0.497 e. The van der Waals surface area contributed by atoms with Crippen LogP contribution in [0.3, 0.4) is 0 Å². The minimum absolute atomic E-state index is 0.0285. The van der Waals surface area contributed by atoms with E-state index in [0.29, 0.717) is 39.4 Å². The van der Waals surface area contributed by atoms with Crippen molar-refractivity contribution in [3.8, 4) is 23.0 Å². The molecule has 188 valence electrons. The Hall–Kier alpha value is -3.91. The van der Waals surface area contributed by atoms with E-state index >= 15 is 0 Å². The van der Waals surface area contributed by atoms with Gasteiger partial charge in [-0.2, -0.15) is 0 Å². The van der Waals surface area contributed by atoms with Crippen LogP contribution in [0.4, 0.5) is 11.4 Å². The maximum atomic E-state index is 13.6. The molecule has 0 aliphatic carbocycles. The summed E-state index contributed by atoms with van der Waals surface area (Å²) < 4.78 is 21.2. The van der Waals surface area contributed by atoms with E-state index in [-0.39, 0.29) is 18.2 Å². The number of nitrogens with one attached hydrogen (secondary N) is 1. The van der Waals surface area contributed by atoms with Crippen LogP contribution in [0.5, 0.6) is 23.0 Å². The molecule has 1 aliphatic rings. The lowest BCUT2D eigenvalue weighted by Crippen LogP contribution is -2.32. The molecule has 0 aromatic heterocycles. The predicted molar refractivity (Wildman–Crippen MR) is 138 cm³/mol. The van der Waals surface area contributed by atoms with E-state index in [4.69, 9.17) is 30.5 Å². The van der Waals surface area contributed by atoms with Crippen molar-refractivity contribution < 1.29 is 28.5 Å². The standard InChI is InChI=1S/C27H27ClN2O6/c1-33-18-9-5-16(6-10-18)26-20(13-25(31)30(26)17-7-11-19(34-2)12-8-17)27(32)29-22-14-21(28)23(35-3)15-24(22)36-4/h5-12,14-15,20,26H,13H2,1-4H3,(H,29,32)/t20-,26-/m0/s1. The minimum atomic E-state index is -0.682. The molecule has 0 saturated carbocycles. The Morgan fingerprint density at radius 3 is 2.00 bits per heavy atom. The van der Waals surface area contributed by atoms with Crippen molar-refractivity contribution in [1.29, 1.82) is 0 Å².